The lowest BCUT2D eigenvalue weighted by atomic mass is 9.95. The van der Waals surface area contributed by atoms with Crippen LogP contribution < -0.4 is 0 Å². The van der Waals surface area contributed by atoms with Crippen LogP contribution in [0.2, 0.25) is 0 Å². The molecule has 0 radical (unpaired) electrons. The zero-order chi connectivity index (χ0) is 15.4. The van der Waals surface area contributed by atoms with Crippen molar-refractivity contribution in [2.75, 3.05) is 39.3 Å². The number of rotatable bonds is 3. The molecule has 2 fully saturated rings. The van der Waals surface area contributed by atoms with Crippen molar-refractivity contribution < 1.29 is 5.11 Å². The molecule has 0 atom stereocenters. The third-order valence-electron chi connectivity index (χ3n) is 4.31. The molecule has 0 unspecified atom stereocenters. The fourth-order valence-electron chi connectivity index (χ4n) is 3.04. The van der Waals surface area contributed by atoms with Crippen LogP contribution in [0.5, 0.6) is 0 Å². The van der Waals surface area contributed by atoms with E-state index in [1.165, 1.54) is 51.9 Å². The fraction of sp³-hybridized carbons (Fsp3) is 1.00. The summed E-state index contributed by atoms with van der Waals surface area (Å²) in [6.07, 6.45) is 5.37. The summed E-state index contributed by atoms with van der Waals surface area (Å²) in [6, 6.07) is 0.822. The third kappa shape index (κ3) is 7.05. The highest BCUT2D eigenvalue weighted by Gasteiger charge is 2.26. The van der Waals surface area contributed by atoms with Crippen molar-refractivity contribution in [2.45, 2.75) is 66.3 Å². The molecular weight excluding hydrogens is 248 g/mol. The predicted octanol–water partition coefficient (Wildman–Crippen LogP) is 3.23. The normalized spacial score (nSPS) is 22.5. The first-order chi connectivity index (χ1) is 9.79. The van der Waals surface area contributed by atoms with Gasteiger partial charge in [-0.15, -0.1) is 0 Å². The topological polar surface area (TPSA) is 26.7 Å². The first kappa shape index (κ1) is 19.9. The van der Waals surface area contributed by atoms with Crippen molar-refractivity contribution in [1.82, 2.24) is 9.80 Å². The van der Waals surface area contributed by atoms with E-state index in [0.717, 1.165) is 18.5 Å². The molecule has 0 aromatic heterocycles. The van der Waals surface area contributed by atoms with Crippen molar-refractivity contribution in [3.63, 3.8) is 0 Å². The van der Waals surface area contributed by atoms with E-state index in [9.17, 15) is 0 Å². The predicted molar refractivity (Wildman–Crippen MR) is 89.2 cm³/mol. The van der Waals surface area contributed by atoms with Gasteiger partial charge in [0.25, 0.3) is 0 Å². The summed E-state index contributed by atoms with van der Waals surface area (Å²) in [5.41, 5.74) is 0. The quantitative estimate of drug-likeness (QED) is 0.863. The van der Waals surface area contributed by atoms with E-state index in [-0.39, 0.29) is 0 Å². The van der Waals surface area contributed by atoms with Crippen molar-refractivity contribution in [1.29, 1.82) is 0 Å². The lowest BCUT2D eigenvalue weighted by molar-refractivity contribution is 0.0735. The Hall–Kier alpha value is -0.120. The second-order valence-electron chi connectivity index (χ2n) is 5.51. The molecule has 2 aliphatic rings. The Balaban J connectivity index is 0.000000829. The van der Waals surface area contributed by atoms with Gasteiger partial charge >= 0.3 is 0 Å². The Morgan fingerprint density at radius 1 is 0.850 bits per heavy atom. The summed E-state index contributed by atoms with van der Waals surface area (Å²) in [7, 11) is 0. The molecule has 20 heavy (non-hydrogen) atoms. The third-order valence-corrected chi connectivity index (χ3v) is 4.31. The van der Waals surface area contributed by atoms with Crippen molar-refractivity contribution in [3.05, 3.63) is 0 Å². The standard InChI is InChI=1S/C13H26N2O.2C2H6/c1-12-2-8-15(9-3-12)13-4-6-14(7-5-13)10-11-16;2*1-2/h12-13,16H,2-11H2,1H3;2*1-2H3. The summed E-state index contributed by atoms with van der Waals surface area (Å²) in [5.74, 6) is 0.936. The molecule has 2 aliphatic heterocycles. The minimum absolute atomic E-state index is 0.311. The van der Waals surface area contributed by atoms with E-state index in [4.69, 9.17) is 5.11 Å². The van der Waals surface area contributed by atoms with Crippen LogP contribution in [0.4, 0.5) is 0 Å². The van der Waals surface area contributed by atoms with Crippen molar-refractivity contribution in [3.8, 4) is 0 Å². The van der Waals surface area contributed by atoms with Gasteiger partial charge in [-0.2, -0.15) is 0 Å². The number of hydrogen-bond donors (Lipinski definition) is 1. The number of likely N-dealkylation sites (tertiary alicyclic amines) is 2. The first-order valence-electron chi connectivity index (χ1n) is 8.87. The number of hydrogen-bond acceptors (Lipinski definition) is 3. The van der Waals surface area contributed by atoms with Gasteiger partial charge < -0.3 is 14.9 Å². The number of β-amino-alcohol motifs (C(OH)–C–C–N with tert-alkyl or cyclic N) is 1. The number of nitrogens with zero attached hydrogens (tertiary/aromatic N) is 2. The molecular formula is C17H38N2O. The molecule has 0 saturated carbocycles. The molecule has 2 rings (SSSR count). The smallest absolute Gasteiger partial charge is 0.0558 e. The molecule has 0 aromatic carbocycles. The van der Waals surface area contributed by atoms with Gasteiger partial charge in [-0.05, 0) is 57.8 Å². The average molecular weight is 287 g/mol. The monoisotopic (exact) mass is 286 g/mol. The van der Waals surface area contributed by atoms with Gasteiger partial charge in [0, 0.05) is 12.6 Å². The maximum Gasteiger partial charge on any atom is 0.0558 e. The van der Waals surface area contributed by atoms with Crippen LogP contribution >= 0.6 is 0 Å². The summed E-state index contributed by atoms with van der Waals surface area (Å²) < 4.78 is 0. The van der Waals surface area contributed by atoms with Gasteiger partial charge in [0.1, 0.15) is 0 Å². The lowest BCUT2D eigenvalue weighted by Gasteiger charge is -2.41. The second kappa shape index (κ2) is 12.6. The Kier molecular flexibility index (Phi) is 12.5. The highest BCUT2D eigenvalue weighted by molar-refractivity contribution is 4.82. The summed E-state index contributed by atoms with van der Waals surface area (Å²) in [6.45, 7) is 16.5. The SMILES string of the molecule is CC.CC.CC1CCN(C2CCN(CCO)CC2)CC1. The van der Waals surface area contributed by atoms with Crippen LogP contribution in [0, 0.1) is 5.92 Å². The number of piperidine rings is 2. The van der Waals surface area contributed by atoms with Crippen LogP contribution in [0.15, 0.2) is 0 Å². The second-order valence-corrected chi connectivity index (χ2v) is 5.51. The molecule has 0 spiro atoms. The lowest BCUT2D eigenvalue weighted by Crippen LogP contribution is -2.47. The van der Waals surface area contributed by atoms with Crippen LogP contribution in [-0.4, -0.2) is 60.3 Å². The van der Waals surface area contributed by atoms with E-state index < -0.39 is 0 Å². The highest BCUT2D eigenvalue weighted by Crippen LogP contribution is 2.23. The van der Waals surface area contributed by atoms with Gasteiger partial charge in [0.2, 0.25) is 0 Å². The Labute approximate surface area is 127 Å². The Morgan fingerprint density at radius 2 is 1.35 bits per heavy atom. The maximum atomic E-state index is 8.91. The van der Waals surface area contributed by atoms with Gasteiger partial charge in [-0.3, -0.25) is 0 Å². The summed E-state index contributed by atoms with van der Waals surface area (Å²) in [4.78, 5) is 5.10. The Morgan fingerprint density at radius 3 is 1.80 bits per heavy atom. The zero-order valence-electron chi connectivity index (χ0n) is 14.6. The van der Waals surface area contributed by atoms with E-state index in [2.05, 4.69) is 16.7 Å². The molecule has 0 aromatic rings. The average Bonchev–Trinajstić information content (AvgIpc) is 2.53. The first-order valence-corrected chi connectivity index (χ1v) is 8.87. The van der Waals surface area contributed by atoms with Gasteiger partial charge in [-0.1, -0.05) is 34.6 Å². The summed E-state index contributed by atoms with van der Waals surface area (Å²) in [5, 5.41) is 8.91. The largest absolute Gasteiger partial charge is 0.395 e. The highest BCUT2D eigenvalue weighted by atomic mass is 16.3. The molecule has 0 aliphatic carbocycles. The number of aliphatic hydroxyl groups excluding tert-OH is 1. The van der Waals surface area contributed by atoms with Gasteiger partial charge in [0.05, 0.1) is 6.61 Å². The van der Waals surface area contributed by atoms with E-state index in [1.807, 2.05) is 27.7 Å². The Bertz CT molecular complexity index is 195. The molecule has 0 bridgehead atoms. The fourth-order valence-corrected chi connectivity index (χ4v) is 3.04. The molecule has 122 valence electrons. The molecule has 2 saturated heterocycles. The van der Waals surface area contributed by atoms with E-state index in [1.54, 1.807) is 0 Å². The summed E-state index contributed by atoms with van der Waals surface area (Å²) >= 11 is 0. The van der Waals surface area contributed by atoms with E-state index >= 15 is 0 Å². The molecule has 0 amide bonds. The maximum absolute atomic E-state index is 8.91. The van der Waals surface area contributed by atoms with Crippen molar-refractivity contribution >= 4 is 0 Å². The minimum atomic E-state index is 0.311. The molecule has 3 heteroatoms. The van der Waals surface area contributed by atoms with Crippen LogP contribution in [0.3, 0.4) is 0 Å². The van der Waals surface area contributed by atoms with E-state index in [0.29, 0.717) is 6.61 Å². The molecule has 2 heterocycles. The number of aliphatic hydroxyl groups is 1. The van der Waals surface area contributed by atoms with Crippen LogP contribution in [0.1, 0.15) is 60.3 Å². The molecule has 3 nitrogen and oxygen atoms in total. The van der Waals surface area contributed by atoms with Crippen LogP contribution in [-0.2, 0) is 0 Å². The van der Waals surface area contributed by atoms with Gasteiger partial charge in [0.15, 0.2) is 0 Å². The van der Waals surface area contributed by atoms with Gasteiger partial charge in [-0.25, -0.2) is 0 Å². The minimum Gasteiger partial charge on any atom is -0.395 e. The zero-order valence-corrected chi connectivity index (χ0v) is 14.6. The molecule has 1 N–H and O–H groups in total. The van der Waals surface area contributed by atoms with Crippen molar-refractivity contribution in [2.24, 2.45) is 5.92 Å². The van der Waals surface area contributed by atoms with Crippen LogP contribution in [0.25, 0.3) is 0 Å².